The summed E-state index contributed by atoms with van der Waals surface area (Å²) in [5.41, 5.74) is 2.09. The molecule has 4 rings (SSSR count). The Hall–Kier alpha value is -2.33. The van der Waals surface area contributed by atoms with Crippen LogP contribution in [0.3, 0.4) is 0 Å². The second kappa shape index (κ2) is 6.76. The number of piperazine rings is 1. The molecule has 2 aromatic rings. The molecule has 4 heteroatoms. The van der Waals surface area contributed by atoms with Gasteiger partial charge in [0.2, 0.25) is 5.91 Å². The molecule has 0 radical (unpaired) electrons. The Labute approximate surface area is 155 Å². The number of ether oxygens (including phenoxy) is 1. The molecule has 0 aromatic heterocycles. The summed E-state index contributed by atoms with van der Waals surface area (Å²) in [6, 6.07) is 18.8. The number of nitrogens with zero attached hydrogens (tertiary/aromatic N) is 2. The van der Waals surface area contributed by atoms with E-state index in [1.54, 1.807) is 7.11 Å². The lowest BCUT2D eigenvalue weighted by atomic mass is 9.93. The quantitative estimate of drug-likeness (QED) is 0.849. The number of methoxy groups -OCH3 is 1. The minimum atomic E-state index is -0.316. The van der Waals surface area contributed by atoms with Gasteiger partial charge in [-0.25, -0.2) is 0 Å². The molecule has 1 aliphatic heterocycles. The number of likely N-dealkylation sites (N-methyl/N-ethyl adjacent to an activating group) is 1. The predicted octanol–water partition coefficient (Wildman–Crippen LogP) is 3.24. The van der Waals surface area contributed by atoms with Crippen LogP contribution < -0.4 is 4.74 Å². The highest BCUT2D eigenvalue weighted by Crippen LogP contribution is 2.50. The van der Waals surface area contributed by atoms with Crippen LogP contribution in [-0.2, 0) is 10.2 Å². The molecular formula is C22H26N2O2. The molecule has 4 nitrogen and oxygen atoms in total. The molecule has 1 heterocycles. The van der Waals surface area contributed by atoms with E-state index in [4.69, 9.17) is 4.74 Å². The van der Waals surface area contributed by atoms with Gasteiger partial charge < -0.3 is 9.64 Å². The van der Waals surface area contributed by atoms with Crippen LogP contribution in [0.15, 0.2) is 54.6 Å². The van der Waals surface area contributed by atoms with Gasteiger partial charge in [0.05, 0.1) is 18.6 Å². The average molecular weight is 350 g/mol. The molecule has 26 heavy (non-hydrogen) atoms. The molecular weight excluding hydrogens is 324 g/mol. The molecule has 1 aliphatic carbocycles. The first-order chi connectivity index (χ1) is 12.6. The van der Waals surface area contributed by atoms with E-state index in [0.717, 1.165) is 43.8 Å². The molecule has 1 saturated carbocycles. The maximum absolute atomic E-state index is 13.4. The van der Waals surface area contributed by atoms with E-state index in [9.17, 15) is 4.79 Å². The maximum Gasteiger partial charge on any atom is 0.233 e. The van der Waals surface area contributed by atoms with E-state index in [2.05, 4.69) is 53.2 Å². The Morgan fingerprint density at radius 2 is 1.73 bits per heavy atom. The standard InChI is InChI=1S/C22H26N2O2/c1-23-14-15-24(16-20(23)17-6-4-3-5-7-17)21(25)22(12-13-22)18-8-10-19(26-2)11-9-18/h3-11,20H,12-16H2,1-2H3. The summed E-state index contributed by atoms with van der Waals surface area (Å²) < 4.78 is 5.25. The number of carbonyl (C=O) groups excluding carboxylic acids is 1. The second-order valence-corrected chi connectivity index (χ2v) is 7.47. The fourth-order valence-electron chi connectivity index (χ4n) is 4.06. The Balaban J connectivity index is 1.54. The minimum absolute atomic E-state index is 0.264. The van der Waals surface area contributed by atoms with Crippen molar-refractivity contribution >= 4 is 5.91 Å². The van der Waals surface area contributed by atoms with Crippen LogP contribution in [-0.4, -0.2) is 49.5 Å². The van der Waals surface area contributed by atoms with Crippen molar-refractivity contribution < 1.29 is 9.53 Å². The van der Waals surface area contributed by atoms with Crippen molar-refractivity contribution in [3.05, 3.63) is 65.7 Å². The summed E-state index contributed by atoms with van der Waals surface area (Å²) in [4.78, 5) is 17.8. The van der Waals surface area contributed by atoms with Crippen molar-refractivity contribution in [3.8, 4) is 5.75 Å². The van der Waals surface area contributed by atoms with Crippen LogP contribution in [0.4, 0.5) is 0 Å². The van der Waals surface area contributed by atoms with Crippen molar-refractivity contribution in [3.63, 3.8) is 0 Å². The summed E-state index contributed by atoms with van der Waals surface area (Å²) in [5, 5.41) is 0. The number of hydrogen-bond acceptors (Lipinski definition) is 3. The van der Waals surface area contributed by atoms with Crippen molar-refractivity contribution in [2.45, 2.75) is 24.3 Å². The molecule has 1 atom stereocenters. The highest BCUT2D eigenvalue weighted by Gasteiger charge is 2.53. The van der Waals surface area contributed by atoms with Crippen molar-refractivity contribution in [1.82, 2.24) is 9.80 Å². The smallest absolute Gasteiger partial charge is 0.233 e. The van der Waals surface area contributed by atoms with Crippen molar-refractivity contribution in [2.24, 2.45) is 0 Å². The van der Waals surface area contributed by atoms with Crippen LogP contribution in [0.25, 0.3) is 0 Å². The number of carbonyl (C=O) groups is 1. The lowest BCUT2D eigenvalue weighted by Gasteiger charge is -2.41. The third-order valence-electron chi connectivity index (χ3n) is 5.92. The Kier molecular flexibility index (Phi) is 4.45. The molecule has 2 aromatic carbocycles. The Morgan fingerprint density at radius 3 is 2.35 bits per heavy atom. The van der Waals surface area contributed by atoms with Gasteiger partial charge in [0, 0.05) is 19.6 Å². The lowest BCUT2D eigenvalue weighted by Crippen LogP contribution is -2.51. The summed E-state index contributed by atoms with van der Waals surface area (Å²) in [7, 11) is 3.82. The highest BCUT2D eigenvalue weighted by atomic mass is 16.5. The van der Waals surface area contributed by atoms with Crippen molar-refractivity contribution in [2.75, 3.05) is 33.8 Å². The zero-order valence-corrected chi connectivity index (χ0v) is 15.5. The molecule has 2 aliphatic rings. The average Bonchev–Trinajstić information content (AvgIpc) is 3.50. The van der Waals surface area contributed by atoms with Gasteiger partial charge in [-0.3, -0.25) is 9.69 Å². The zero-order valence-electron chi connectivity index (χ0n) is 15.5. The number of hydrogen-bond donors (Lipinski definition) is 0. The van der Waals surface area contributed by atoms with Gasteiger partial charge in [0.25, 0.3) is 0 Å². The minimum Gasteiger partial charge on any atom is -0.497 e. The molecule has 136 valence electrons. The summed E-state index contributed by atoms with van der Waals surface area (Å²) in [6.45, 7) is 2.47. The Morgan fingerprint density at radius 1 is 1.04 bits per heavy atom. The first kappa shape index (κ1) is 17.1. The Bertz CT molecular complexity index is 768. The third-order valence-corrected chi connectivity index (χ3v) is 5.92. The van der Waals surface area contributed by atoms with E-state index in [1.807, 2.05) is 18.2 Å². The van der Waals surface area contributed by atoms with Gasteiger partial charge >= 0.3 is 0 Å². The molecule has 0 bridgehead atoms. The molecule has 0 N–H and O–H groups in total. The second-order valence-electron chi connectivity index (χ2n) is 7.47. The van der Waals surface area contributed by atoms with Gasteiger partial charge in [-0.1, -0.05) is 42.5 Å². The maximum atomic E-state index is 13.4. The van der Waals surface area contributed by atoms with E-state index in [-0.39, 0.29) is 17.4 Å². The van der Waals surface area contributed by atoms with E-state index >= 15 is 0 Å². The normalized spacial score (nSPS) is 22.1. The SMILES string of the molecule is COc1ccc(C2(C(=O)N3CCN(C)C(c4ccccc4)C3)CC2)cc1. The largest absolute Gasteiger partial charge is 0.497 e. The number of benzene rings is 2. The molecule has 1 unspecified atom stereocenters. The molecule has 1 amide bonds. The summed E-state index contributed by atoms with van der Waals surface area (Å²) in [6.07, 6.45) is 1.89. The van der Waals surface area contributed by atoms with Crippen LogP contribution in [0.2, 0.25) is 0 Å². The van der Waals surface area contributed by atoms with Gasteiger partial charge in [-0.2, -0.15) is 0 Å². The van der Waals surface area contributed by atoms with Gasteiger partial charge in [-0.15, -0.1) is 0 Å². The van der Waals surface area contributed by atoms with Gasteiger partial charge in [0.15, 0.2) is 0 Å². The van der Waals surface area contributed by atoms with Crippen LogP contribution >= 0.6 is 0 Å². The van der Waals surface area contributed by atoms with Crippen molar-refractivity contribution in [1.29, 1.82) is 0 Å². The first-order valence-corrected chi connectivity index (χ1v) is 9.33. The number of rotatable bonds is 4. The van der Waals surface area contributed by atoms with Gasteiger partial charge in [-0.05, 0) is 43.1 Å². The van der Waals surface area contributed by atoms with Crippen LogP contribution in [0.1, 0.15) is 30.0 Å². The number of amides is 1. The van der Waals surface area contributed by atoms with Crippen LogP contribution in [0, 0.1) is 0 Å². The first-order valence-electron chi connectivity index (χ1n) is 9.33. The molecule has 2 fully saturated rings. The predicted molar refractivity (Wildman–Crippen MR) is 102 cm³/mol. The third kappa shape index (κ3) is 2.99. The highest BCUT2D eigenvalue weighted by molar-refractivity contribution is 5.91. The van der Waals surface area contributed by atoms with E-state index in [0.29, 0.717) is 0 Å². The summed E-state index contributed by atoms with van der Waals surface area (Å²) >= 11 is 0. The molecule has 0 spiro atoms. The molecule has 1 saturated heterocycles. The topological polar surface area (TPSA) is 32.8 Å². The lowest BCUT2D eigenvalue weighted by molar-refractivity contribution is -0.136. The van der Waals surface area contributed by atoms with Gasteiger partial charge in [0.1, 0.15) is 5.75 Å². The van der Waals surface area contributed by atoms with E-state index in [1.165, 1.54) is 5.56 Å². The van der Waals surface area contributed by atoms with Crippen LogP contribution in [0.5, 0.6) is 5.75 Å². The summed E-state index contributed by atoms with van der Waals surface area (Å²) in [5.74, 6) is 1.12. The zero-order chi connectivity index (χ0) is 18.1. The monoisotopic (exact) mass is 350 g/mol. The fourth-order valence-corrected chi connectivity index (χ4v) is 4.06. The van der Waals surface area contributed by atoms with E-state index < -0.39 is 0 Å². The fraction of sp³-hybridized carbons (Fsp3) is 0.409.